The summed E-state index contributed by atoms with van der Waals surface area (Å²) in [6.07, 6.45) is 2.29. The molecule has 1 saturated heterocycles. The normalized spacial score (nSPS) is 16.8. The Morgan fingerprint density at radius 3 is 2.72 bits per heavy atom. The molecule has 0 saturated carbocycles. The second-order valence-corrected chi connectivity index (χ2v) is 5.50. The number of rotatable bonds is 3. The lowest BCUT2D eigenvalue weighted by Gasteiger charge is -2.29. The van der Waals surface area contributed by atoms with Crippen molar-refractivity contribution >= 4 is 23.0 Å². The van der Waals surface area contributed by atoms with Gasteiger partial charge in [-0.25, -0.2) is 0 Å². The number of nitrogens with two attached hydrogens (primary N) is 1. The molecule has 2 N–H and O–H groups in total. The van der Waals surface area contributed by atoms with E-state index in [-0.39, 0.29) is 0 Å². The molecule has 0 unspecified atom stereocenters. The summed E-state index contributed by atoms with van der Waals surface area (Å²) in [5.74, 6) is 0.708. The summed E-state index contributed by atoms with van der Waals surface area (Å²) in [6.45, 7) is 4.90. The summed E-state index contributed by atoms with van der Waals surface area (Å²) >= 11 is 6.10. The van der Waals surface area contributed by atoms with Crippen LogP contribution in [0.1, 0.15) is 18.4 Å². The Morgan fingerprint density at radius 2 is 2.06 bits per heavy atom. The van der Waals surface area contributed by atoms with E-state index in [1.54, 1.807) is 0 Å². The van der Waals surface area contributed by atoms with Crippen molar-refractivity contribution in [2.45, 2.75) is 19.8 Å². The van der Waals surface area contributed by atoms with E-state index in [4.69, 9.17) is 22.1 Å². The average molecular weight is 269 g/mol. The van der Waals surface area contributed by atoms with Crippen LogP contribution in [0.5, 0.6) is 0 Å². The number of nitrogens with zero attached hydrogens (tertiary/aromatic N) is 1. The minimum Gasteiger partial charge on any atom is -0.398 e. The van der Waals surface area contributed by atoms with Crippen molar-refractivity contribution in [3.05, 3.63) is 22.7 Å². The molecule has 100 valence electrons. The van der Waals surface area contributed by atoms with Crippen LogP contribution < -0.4 is 10.6 Å². The molecule has 0 radical (unpaired) electrons. The van der Waals surface area contributed by atoms with Crippen LogP contribution in [0.3, 0.4) is 0 Å². The predicted octanol–water partition coefficient (Wildman–Crippen LogP) is 3.09. The molecule has 0 spiro atoms. The van der Waals surface area contributed by atoms with E-state index in [2.05, 4.69) is 18.9 Å². The van der Waals surface area contributed by atoms with Crippen LogP contribution in [0.4, 0.5) is 11.4 Å². The fraction of sp³-hybridized carbons (Fsp3) is 0.571. The largest absolute Gasteiger partial charge is 0.398 e. The van der Waals surface area contributed by atoms with Crippen molar-refractivity contribution in [3.8, 4) is 0 Å². The third-order valence-electron chi connectivity index (χ3n) is 3.60. The lowest BCUT2D eigenvalue weighted by atomic mass is 9.99. The van der Waals surface area contributed by atoms with Gasteiger partial charge in [0.25, 0.3) is 0 Å². The maximum atomic E-state index is 6.10. The standard InChI is InChI=1S/C14H21ClN2O/c1-10-7-13(16)12(15)8-14(10)17(2)9-11-3-5-18-6-4-11/h7-8,11H,3-6,9,16H2,1-2H3. The van der Waals surface area contributed by atoms with Crippen molar-refractivity contribution in [2.24, 2.45) is 5.92 Å². The van der Waals surface area contributed by atoms with E-state index in [1.807, 2.05) is 12.1 Å². The fourth-order valence-electron chi connectivity index (χ4n) is 2.52. The summed E-state index contributed by atoms with van der Waals surface area (Å²) in [5, 5.41) is 0.634. The van der Waals surface area contributed by atoms with Gasteiger partial charge < -0.3 is 15.4 Å². The summed E-state index contributed by atoms with van der Waals surface area (Å²) in [6, 6.07) is 3.91. The van der Waals surface area contributed by atoms with E-state index in [9.17, 15) is 0 Å². The molecule has 0 aliphatic carbocycles. The lowest BCUT2D eigenvalue weighted by molar-refractivity contribution is 0.0685. The highest BCUT2D eigenvalue weighted by molar-refractivity contribution is 6.33. The molecular weight excluding hydrogens is 248 g/mol. The molecule has 0 amide bonds. The predicted molar refractivity (Wildman–Crippen MR) is 77.4 cm³/mol. The van der Waals surface area contributed by atoms with Crippen LogP contribution >= 0.6 is 11.6 Å². The highest BCUT2D eigenvalue weighted by atomic mass is 35.5. The Balaban J connectivity index is 2.08. The van der Waals surface area contributed by atoms with Gasteiger partial charge >= 0.3 is 0 Å². The van der Waals surface area contributed by atoms with Crippen molar-refractivity contribution in [1.82, 2.24) is 0 Å². The van der Waals surface area contributed by atoms with Gasteiger partial charge in [0.05, 0.1) is 10.7 Å². The first kappa shape index (κ1) is 13.5. The van der Waals surface area contributed by atoms with Crippen LogP contribution in [0.15, 0.2) is 12.1 Å². The third-order valence-corrected chi connectivity index (χ3v) is 3.93. The summed E-state index contributed by atoms with van der Waals surface area (Å²) in [4.78, 5) is 2.27. The Labute approximate surface area is 114 Å². The Bertz CT molecular complexity index is 417. The molecule has 1 aliphatic heterocycles. The van der Waals surface area contributed by atoms with Crippen LogP contribution in [0, 0.1) is 12.8 Å². The van der Waals surface area contributed by atoms with Crippen LogP contribution in [0.25, 0.3) is 0 Å². The molecule has 3 nitrogen and oxygen atoms in total. The van der Waals surface area contributed by atoms with Gasteiger partial charge in [0.15, 0.2) is 0 Å². The number of nitrogen functional groups attached to an aromatic ring is 1. The van der Waals surface area contributed by atoms with Gasteiger partial charge in [-0.15, -0.1) is 0 Å². The second-order valence-electron chi connectivity index (χ2n) is 5.10. The van der Waals surface area contributed by atoms with Crippen LogP contribution in [-0.2, 0) is 4.74 Å². The molecule has 1 aliphatic rings. The molecule has 4 heteroatoms. The van der Waals surface area contributed by atoms with Gasteiger partial charge in [0, 0.05) is 32.5 Å². The minimum atomic E-state index is 0.634. The van der Waals surface area contributed by atoms with Gasteiger partial charge in [-0.05, 0) is 43.4 Å². The Morgan fingerprint density at radius 1 is 1.39 bits per heavy atom. The molecule has 18 heavy (non-hydrogen) atoms. The van der Waals surface area contributed by atoms with Crippen molar-refractivity contribution in [3.63, 3.8) is 0 Å². The number of aryl methyl sites for hydroxylation is 1. The Kier molecular flexibility index (Phi) is 4.36. The smallest absolute Gasteiger partial charge is 0.0656 e. The molecule has 1 fully saturated rings. The van der Waals surface area contributed by atoms with Crippen molar-refractivity contribution in [2.75, 3.05) is 37.4 Å². The highest BCUT2D eigenvalue weighted by Crippen LogP contribution is 2.30. The maximum Gasteiger partial charge on any atom is 0.0656 e. The zero-order valence-electron chi connectivity index (χ0n) is 11.1. The fourth-order valence-corrected chi connectivity index (χ4v) is 2.68. The first-order valence-electron chi connectivity index (χ1n) is 6.42. The molecule has 1 aromatic rings. The first-order valence-corrected chi connectivity index (χ1v) is 6.80. The highest BCUT2D eigenvalue weighted by Gasteiger charge is 2.17. The zero-order valence-corrected chi connectivity index (χ0v) is 11.8. The van der Waals surface area contributed by atoms with Crippen LogP contribution in [-0.4, -0.2) is 26.8 Å². The van der Waals surface area contributed by atoms with Crippen molar-refractivity contribution in [1.29, 1.82) is 0 Å². The van der Waals surface area contributed by atoms with Gasteiger partial charge in [-0.1, -0.05) is 11.6 Å². The topological polar surface area (TPSA) is 38.5 Å². The van der Waals surface area contributed by atoms with Gasteiger partial charge in [-0.2, -0.15) is 0 Å². The second kappa shape index (κ2) is 5.81. The molecule has 0 aromatic heterocycles. The van der Waals surface area contributed by atoms with E-state index < -0.39 is 0 Å². The summed E-state index contributed by atoms with van der Waals surface area (Å²) in [7, 11) is 2.12. The monoisotopic (exact) mass is 268 g/mol. The quantitative estimate of drug-likeness (QED) is 0.856. The number of benzene rings is 1. The van der Waals surface area contributed by atoms with Gasteiger partial charge in [-0.3, -0.25) is 0 Å². The number of ether oxygens (including phenoxy) is 1. The first-order chi connectivity index (χ1) is 8.58. The number of hydrogen-bond donors (Lipinski definition) is 1. The number of halogens is 1. The van der Waals surface area contributed by atoms with E-state index in [1.165, 1.54) is 11.3 Å². The number of anilines is 2. The molecule has 2 rings (SSSR count). The van der Waals surface area contributed by atoms with E-state index in [0.717, 1.165) is 32.6 Å². The minimum absolute atomic E-state index is 0.634. The van der Waals surface area contributed by atoms with Crippen molar-refractivity contribution < 1.29 is 4.74 Å². The summed E-state index contributed by atoms with van der Waals surface area (Å²) in [5.41, 5.74) is 8.80. The van der Waals surface area contributed by atoms with Crippen LogP contribution in [0.2, 0.25) is 5.02 Å². The molecule has 0 bridgehead atoms. The van der Waals surface area contributed by atoms with E-state index >= 15 is 0 Å². The average Bonchev–Trinajstić information content (AvgIpc) is 2.35. The third kappa shape index (κ3) is 3.09. The molecule has 0 atom stereocenters. The molecule has 1 heterocycles. The Hall–Kier alpha value is -0.930. The van der Waals surface area contributed by atoms with Gasteiger partial charge in [0.1, 0.15) is 0 Å². The lowest BCUT2D eigenvalue weighted by Crippen LogP contribution is -2.29. The number of hydrogen-bond acceptors (Lipinski definition) is 3. The summed E-state index contributed by atoms with van der Waals surface area (Å²) < 4.78 is 5.39. The van der Waals surface area contributed by atoms with E-state index in [0.29, 0.717) is 16.6 Å². The maximum absolute atomic E-state index is 6.10. The zero-order chi connectivity index (χ0) is 13.1. The SMILES string of the molecule is Cc1cc(N)c(Cl)cc1N(C)CC1CCOCC1. The molecule has 1 aromatic carbocycles. The van der Waals surface area contributed by atoms with Gasteiger partial charge in [0.2, 0.25) is 0 Å². The molecular formula is C14H21ClN2O.